The van der Waals surface area contributed by atoms with Gasteiger partial charge < -0.3 is 5.21 Å². The SMILES string of the molecule is N#Cc1c(-c2ccc(Cl)cc2)n(O)c2ccccc12. The number of rotatable bonds is 1. The van der Waals surface area contributed by atoms with Crippen LogP contribution in [-0.2, 0) is 0 Å². The van der Waals surface area contributed by atoms with E-state index in [-0.39, 0.29) is 0 Å². The van der Waals surface area contributed by atoms with Crippen LogP contribution in [0.25, 0.3) is 22.2 Å². The second-order valence-corrected chi connectivity index (χ2v) is 4.61. The molecule has 3 aromatic rings. The number of para-hydroxylation sites is 1. The summed E-state index contributed by atoms with van der Waals surface area (Å²) in [6.07, 6.45) is 0. The van der Waals surface area contributed by atoms with Crippen LogP contribution in [0.3, 0.4) is 0 Å². The lowest BCUT2D eigenvalue weighted by molar-refractivity contribution is 0.204. The second-order valence-electron chi connectivity index (χ2n) is 4.17. The van der Waals surface area contributed by atoms with E-state index in [9.17, 15) is 10.5 Å². The van der Waals surface area contributed by atoms with Gasteiger partial charge in [0, 0.05) is 16.0 Å². The van der Waals surface area contributed by atoms with Crippen LogP contribution in [0, 0.1) is 11.3 Å². The second kappa shape index (κ2) is 4.34. The van der Waals surface area contributed by atoms with Crippen LogP contribution in [0.2, 0.25) is 5.02 Å². The summed E-state index contributed by atoms with van der Waals surface area (Å²) in [5.74, 6) is 0. The normalized spacial score (nSPS) is 10.5. The highest BCUT2D eigenvalue weighted by Gasteiger charge is 2.17. The van der Waals surface area contributed by atoms with Crippen molar-refractivity contribution >= 4 is 22.5 Å². The van der Waals surface area contributed by atoms with Crippen molar-refractivity contribution in [3.8, 4) is 17.3 Å². The summed E-state index contributed by atoms with van der Waals surface area (Å²) in [7, 11) is 0. The first kappa shape index (κ1) is 11.6. The molecule has 19 heavy (non-hydrogen) atoms. The average Bonchev–Trinajstić information content (AvgIpc) is 2.73. The van der Waals surface area contributed by atoms with E-state index < -0.39 is 0 Å². The van der Waals surface area contributed by atoms with Gasteiger partial charge in [0.15, 0.2) is 0 Å². The van der Waals surface area contributed by atoms with Crippen LogP contribution in [0.15, 0.2) is 48.5 Å². The molecule has 0 aliphatic carbocycles. The molecule has 1 aromatic heterocycles. The first-order valence-corrected chi connectivity index (χ1v) is 6.09. The summed E-state index contributed by atoms with van der Waals surface area (Å²) in [5, 5.41) is 20.9. The quantitative estimate of drug-likeness (QED) is 0.676. The zero-order valence-corrected chi connectivity index (χ0v) is 10.6. The first-order valence-electron chi connectivity index (χ1n) is 5.71. The van der Waals surface area contributed by atoms with E-state index >= 15 is 0 Å². The topological polar surface area (TPSA) is 49.0 Å². The van der Waals surface area contributed by atoms with E-state index in [2.05, 4.69) is 6.07 Å². The summed E-state index contributed by atoms with van der Waals surface area (Å²) < 4.78 is 1.05. The van der Waals surface area contributed by atoms with Crippen molar-refractivity contribution in [2.45, 2.75) is 0 Å². The Morgan fingerprint density at radius 2 is 1.74 bits per heavy atom. The van der Waals surface area contributed by atoms with Gasteiger partial charge in [0.25, 0.3) is 0 Å². The van der Waals surface area contributed by atoms with Crippen molar-refractivity contribution in [1.29, 1.82) is 5.26 Å². The highest BCUT2D eigenvalue weighted by Crippen LogP contribution is 2.32. The van der Waals surface area contributed by atoms with Crippen LogP contribution >= 0.6 is 11.6 Å². The standard InChI is InChI=1S/C15H9ClN2O/c16-11-7-5-10(6-8-11)15-13(9-17)12-3-1-2-4-14(12)18(15)19/h1-8,19H. The molecule has 3 nitrogen and oxygen atoms in total. The first-order chi connectivity index (χ1) is 9.22. The van der Waals surface area contributed by atoms with E-state index in [0.29, 0.717) is 21.8 Å². The smallest absolute Gasteiger partial charge is 0.106 e. The molecule has 0 saturated heterocycles. The highest BCUT2D eigenvalue weighted by atomic mass is 35.5. The fraction of sp³-hybridized carbons (Fsp3) is 0. The zero-order valence-electron chi connectivity index (χ0n) is 9.84. The van der Waals surface area contributed by atoms with Crippen molar-refractivity contribution in [1.82, 2.24) is 4.73 Å². The van der Waals surface area contributed by atoms with E-state index in [1.807, 2.05) is 18.2 Å². The van der Waals surface area contributed by atoms with E-state index in [1.54, 1.807) is 30.3 Å². The monoisotopic (exact) mass is 268 g/mol. The van der Waals surface area contributed by atoms with Crippen molar-refractivity contribution in [3.05, 3.63) is 59.1 Å². The number of hydrogen-bond acceptors (Lipinski definition) is 2. The lowest BCUT2D eigenvalue weighted by atomic mass is 10.1. The fourth-order valence-electron chi connectivity index (χ4n) is 2.21. The molecule has 0 amide bonds. The van der Waals surface area contributed by atoms with Crippen LogP contribution in [-0.4, -0.2) is 9.94 Å². The molecule has 0 bridgehead atoms. The van der Waals surface area contributed by atoms with Crippen LogP contribution in [0.1, 0.15) is 5.56 Å². The molecule has 0 unspecified atom stereocenters. The number of nitriles is 1. The number of halogens is 1. The number of fused-ring (bicyclic) bond motifs is 1. The van der Waals surface area contributed by atoms with Gasteiger partial charge in [-0.3, -0.25) is 0 Å². The minimum absolute atomic E-state index is 0.459. The Hall–Kier alpha value is -2.44. The van der Waals surface area contributed by atoms with Gasteiger partial charge in [-0.15, -0.1) is 0 Å². The molecular formula is C15H9ClN2O. The third kappa shape index (κ3) is 1.74. The molecule has 0 saturated carbocycles. The Morgan fingerprint density at radius 1 is 1.05 bits per heavy atom. The number of aromatic nitrogens is 1. The number of benzene rings is 2. The fourth-order valence-corrected chi connectivity index (χ4v) is 2.34. The van der Waals surface area contributed by atoms with Gasteiger partial charge in [0.05, 0.1) is 11.1 Å². The molecule has 1 N–H and O–H groups in total. The summed E-state index contributed by atoms with van der Waals surface area (Å²) in [5.41, 5.74) is 2.31. The van der Waals surface area contributed by atoms with Crippen molar-refractivity contribution in [3.63, 3.8) is 0 Å². The Morgan fingerprint density at radius 3 is 2.42 bits per heavy atom. The zero-order chi connectivity index (χ0) is 13.4. The molecule has 0 spiro atoms. The van der Waals surface area contributed by atoms with Crippen LogP contribution in [0.5, 0.6) is 0 Å². The van der Waals surface area contributed by atoms with E-state index in [4.69, 9.17) is 11.6 Å². The lowest BCUT2D eigenvalue weighted by Crippen LogP contribution is -1.94. The molecule has 2 aromatic carbocycles. The molecule has 0 atom stereocenters. The predicted octanol–water partition coefficient (Wildman–Crippen LogP) is 4.07. The van der Waals surface area contributed by atoms with Gasteiger partial charge >= 0.3 is 0 Å². The summed E-state index contributed by atoms with van der Waals surface area (Å²) in [6.45, 7) is 0. The highest BCUT2D eigenvalue weighted by molar-refractivity contribution is 6.30. The summed E-state index contributed by atoms with van der Waals surface area (Å²) in [6, 6.07) is 16.4. The van der Waals surface area contributed by atoms with Crippen LogP contribution in [0.4, 0.5) is 0 Å². The molecule has 0 fully saturated rings. The Balaban J connectivity index is 2.38. The maximum Gasteiger partial charge on any atom is 0.106 e. The van der Waals surface area contributed by atoms with Gasteiger partial charge in [0.1, 0.15) is 11.8 Å². The third-order valence-electron chi connectivity index (χ3n) is 3.08. The molecule has 3 rings (SSSR count). The maximum atomic E-state index is 10.3. The van der Waals surface area contributed by atoms with E-state index in [1.165, 1.54) is 0 Å². The Kier molecular flexibility index (Phi) is 2.66. The average molecular weight is 269 g/mol. The van der Waals surface area contributed by atoms with Gasteiger partial charge in [-0.05, 0) is 18.2 Å². The molecule has 1 heterocycles. The minimum atomic E-state index is 0.459. The summed E-state index contributed by atoms with van der Waals surface area (Å²) >= 11 is 5.86. The third-order valence-corrected chi connectivity index (χ3v) is 3.33. The minimum Gasteiger partial charge on any atom is -0.428 e. The summed E-state index contributed by atoms with van der Waals surface area (Å²) in [4.78, 5) is 0. The van der Waals surface area contributed by atoms with Crippen LogP contribution < -0.4 is 0 Å². The maximum absolute atomic E-state index is 10.3. The molecule has 0 aliphatic heterocycles. The van der Waals surface area contributed by atoms with Gasteiger partial charge in [-0.25, -0.2) is 0 Å². The molecule has 0 radical (unpaired) electrons. The Bertz CT molecular complexity index is 797. The molecule has 4 heteroatoms. The van der Waals surface area contributed by atoms with Gasteiger partial charge in [-0.2, -0.15) is 9.99 Å². The Labute approximate surface area is 114 Å². The largest absolute Gasteiger partial charge is 0.428 e. The number of nitrogens with zero attached hydrogens (tertiary/aromatic N) is 2. The molecular weight excluding hydrogens is 260 g/mol. The number of hydrogen-bond donors (Lipinski definition) is 1. The van der Waals surface area contributed by atoms with Crippen molar-refractivity contribution < 1.29 is 5.21 Å². The lowest BCUT2D eigenvalue weighted by Gasteiger charge is -2.03. The van der Waals surface area contributed by atoms with Gasteiger partial charge in [0.2, 0.25) is 0 Å². The molecule has 0 aliphatic rings. The van der Waals surface area contributed by atoms with Crippen molar-refractivity contribution in [2.24, 2.45) is 0 Å². The predicted molar refractivity (Wildman–Crippen MR) is 74.3 cm³/mol. The van der Waals surface area contributed by atoms with Gasteiger partial charge in [-0.1, -0.05) is 41.9 Å². The molecule has 92 valence electrons. The van der Waals surface area contributed by atoms with E-state index in [0.717, 1.165) is 15.7 Å². The van der Waals surface area contributed by atoms with Crippen molar-refractivity contribution in [2.75, 3.05) is 0 Å².